The average molecular weight is 343 g/mol. The number of nitrogens with one attached hydrogen (secondary N) is 2. The fraction of sp³-hybridized carbons (Fsp3) is 0.350. The molecule has 1 aliphatic rings. The molecule has 1 fully saturated rings. The van der Waals surface area contributed by atoms with E-state index in [0.717, 1.165) is 37.1 Å². The van der Waals surface area contributed by atoms with Gasteiger partial charge in [0, 0.05) is 23.2 Å². The molecule has 1 heterocycles. The predicted octanol–water partition coefficient (Wildman–Crippen LogP) is 4.12. The van der Waals surface area contributed by atoms with Gasteiger partial charge in [-0.05, 0) is 61.6 Å². The molecular weight excluding hydrogens is 320 g/mol. The summed E-state index contributed by atoms with van der Waals surface area (Å²) in [6.07, 6.45) is 2.22. The second-order valence-corrected chi connectivity index (χ2v) is 6.95. The summed E-state index contributed by atoms with van der Waals surface area (Å²) in [5, 5.41) is 7.23. The Kier molecular flexibility index (Phi) is 5.54. The van der Waals surface area contributed by atoms with Crippen LogP contribution in [-0.2, 0) is 0 Å². The smallest absolute Gasteiger partial charge is 0.251 e. The Morgan fingerprint density at radius 3 is 2.88 bits per heavy atom. The molecule has 1 aliphatic heterocycles. The van der Waals surface area contributed by atoms with Crippen LogP contribution in [0.4, 0.5) is 0 Å². The first-order valence-corrected chi connectivity index (χ1v) is 8.88. The van der Waals surface area contributed by atoms with Crippen molar-refractivity contribution < 1.29 is 4.79 Å². The number of hydrogen-bond donors (Lipinski definition) is 2. The van der Waals surface area contributed by atoms with Gasteiger partial charge in [0.15, 0.2) is 0 Å². The number of halogens is 1. The van der Waals surface area contributed by atoms with Crippen LogP contribution in [-0.4, -0.2) is 25.0 Å². The van der Waals surface area contributed by atoms with Gasteiger partial charge in [-0.1, -0.05) is 41.9 Å². The van der Waals surface area contributed by atoms with Crippen molar-refractivity contribution in [2.45, 2.75) is 25.8 Å². The zero-order valence-electron chi connectivity index (χ0n) is 13.9. The Labute approximate surface area is 148 Å². The number of carbonyl (C=O) groups excluding carboxylic acids is 1. The Morgan fingerprint density at radius 2 is 2.08 bits per heavy atom. The highest BCUT2D eigenvalue weighted by Crippen LogP contribution is 2.26. The van der Waals surface area contributed by atoms with Crippen molar-refractivity contribution in [1.82, 2.24) is 10.6 Å². The van der Waals surface area contributed by atoms with Crippen LogP contribution in [0.15, 0.2) is 48.5 Å². The SMILES string of the molecule is CC1CC(CNC(=O)c2ccccc2-c2cccc(Cl)c2)CCN1. The molecule has 0 bridgehead atoms. The second kappa shape index (κ2) is 7.82. The summed E-state index contributed by atoms with van der Waals surface area (Å²) >= 11 is 6.10. The Balaban J connectivity index is 1.73. The Morgan fingerprint density at radius 1 is 1.25 bits per heavy atom. The molecule has 3 nitrogen and oxygen atoms in total. The maximum absolute atomic E-state index is 12.7. The molecule has 2 aromatic rings. The highest BCUT2D eigenvalue weighted by atomic mass is 35.5. The van der Waals surface area contributed by atoms with Crippen molar-refractivity contribution in [1.29, 1.82) is 0 Å². The minimum absolute atomic E-state index is 0.0169. The molecule has 0 saturated carbocycles. The van der Waals surface area contributed by atoms with E-state index in [1.54, 1.807) is 0 Å². The summed E-state index contributed by atoms with van der Waals surface area (Å²) in [5.41, 5.74) is 2.57. The lowest BCUT2D eigenvalue weighted by molar-refractivity contribution is 0.0943. The maximum atomic E-state index is 12.7. The van der Waals surface area contributed by atoms with Gasteiger partial charge in [0.05, 0.1) is 0 Å². The molecule has 0 aliphatic carbocycles. The van der Waals surface area contributed by atoms with Crippen molar-refractivity contribution in [2.24, 2.45) is 5.92 Å². The standard InChI is InChI=1S/C20H23ClN2O/c1-14-11-15(9-10-22-14)13-23-20(24)19-8-3-2-7-18(19)16-5-4-6-17(21)12-16/h2-8,12,14-15,22H,9-11,13H2,1H3,(H,23,24). The van der Waals surface area contributed by atoms with E-state index in [2.05, 4.69) is 17.6 Å². The third-order valence-electron chi connectivity index (χ3n) is 4.59. The van der Waals surface area contributed by atoms with Crippen LogP contribution in [0.3, 0.4) is 0 Å². The van der Waals surface area contributed by atoms with E-state index in [1.165, 1.54) is 0 Å². The summed E-state index contributed by atoms with van der Waals surface area (Å²) in [7, 11) is 0. The number of benzene rings is 2. The van der Waals surface area contributed by atoms with Crippen LogP contribution in [0.1, 0.15) is 30.1 Å². The first kappa shape index (κ1) is 17.0. The van der Waals surface area contributed by atoms with Crippen LogP contribution >= 0.6 is 11.6 Å². The summed E-state index contributed by atoms with van der Waals surface area (Å²) in [6.45, 7) is 3.96. The van der Waals surface area contributed by atoms with Gasteiger partial charge in [0.2, 0.25) is 0 Å². The van der Waals surface area contributed by atoms with Gasteiger partial charge < -0.3 is 10.6 Å². The monoisotopic (exact) mass is 342 g/mol. The molecule has 0 spiro atoms. The van der Waals surface area contributed by atoms with Crippen LogP contribution in [0.25, 0.3) is 11.1 Å². The minimum atomic E-state index is -0.0169. The van der Waals surface area contributed by atoms with Crippen LogP contribution in [0.2, 0.25) is 5.02 Å². The summed E-state index contributed by atoms with van der Waals surface area (Å²) < 4.78 is 0. The third-order valence-corrected chi connectivity index (χ3v) is 4.83. The number of amides is 1. The number of hydrogen-bond acceptors (Lipinski definition) is 2. The molecule has 2 aromatic carbocycles. The van der Waals surface area contributed by atoms with Crippen LogP contribution < -0.4 is 10.6 Å². The summed E-state index contributed by atoms with van der Waals surface area (Å²) in [6, 6.07) is 15.8. The lowest BCUT2D eigenvalue weighted by atomic mass is 9.93. The topological polar surface area (TPSA) is 41.1 Å². The van der Waals surface area contributed by atoms with Crippen molar-refractivity contribution in [3.05, 3.63) is 59.1 Å². The average Bonchev–Trinajstić information content (AvgIpc) is 2.60. The first-order valence-electron chi connectivity index (χ1n) is 8.50. The number of rotatable bonds is 4. The third kappa shape index (κ3) is 4.16. The van der Waals surface area contributed by atoms with Gasteiger partial charge in [0.1, 0.15) is 0 Å². The van der Waals surface area contributed by atoms with Gasteiger partial charge >= 0.3 is 0 Å². The van der Waals surface area contributed by atoms with E-state index >= 15 is 0 Å². The molecule has 126 valence electrons. The highest BCUT2D eigenvalue weighted by molar-refractivity contribution is 6.30. The van der Waals surface area contributed by atoms with E-state index in [1.807, 2.05) is 48.5 Å². The first-order chi connectivity index (χ1) is 11.6. The van der Waals surface area contributed by atoms with Gasteiger partial charge in [0.25, 0.3) is 5.91 Å². The highest BCUT2D eigenvalue weighted by Gasteiger charge is 2.20. The van der Waals surface area contributed by atoms with Crippen molar-refractivity contribution in [3.63, 3.8) is 0 Å². The molecule has 2 atom stereocenters. The Bertz CT molecular complexity index is 716. The molecule has 1 amide bonds. The van der Waals surface area contributed by atoms with E-state index < -0.39 is 0 Å². The largest absolute Gasteiger partial charge is 0.352 e. The zero-order valence-corrected chi connectivity index (χ0v) is 14.6. The molecule has 3 rings (SSSR count). The molecular formula is C20H23ClN2O. The van der Waals surface area contributed by atoms with Crippen LogP contribution in [0.5, 0.6) is 0 Å². The summed E-state index contributed by atoms with van der Waals surface area (Å²) in [4.78, 5) is 12.7. The van der Waals surface area contributed by atoms with E-state index in [0.29, 0.717) is 22.5 Å². The van der Waals surface area contributed by atoms with Crippen molar-refractivity contribution >= 4 is 17.5 Å². The Hall–Kier alpha value is -1.84. The minimum Gasteiger partial charge on any atom is -0.352 e. The molecule has 0 radical (unpaired) electrons. The predicted molar refractivity (Wildman–Crippen MR) is 99.4 cm³/mol. The molecule has 2 unspecified atom stereocenters. The maximum Gasteiger partial charge on any atom is 0.251 e. The van der Waals surface area contributed by atoms with Gasteiger partial charge in [-0.15, -0.1) is 0 Å². The lowest BCUT2D eigenvalue weighted by Gasteiger charge is -2.28. The fourth-order valence-electron chi connectivity index (χ4n) is 3.34. The van der Waals surface area contributed by atoms with Gasteiger partial charge in [-0.2, -0.15) is 0 Å². The fourth-order valence-corrected chi connectivity index (χ4v) is 3.53. The molecule has 0 aromatic heterocycles. The quantitative estimate of drug-likeness (QED) is 0.877. The van der Waals surface area contributed by atoms with E-state index in [4.69, 9.17) is 11.6 Å². The summed E-state index contributed by atoms with van der Waals surface area (Å²) in [5.74, 6) is 0.528. The zero-order chi connectivity index (χ0) is 16.9. The van der Waals surface area contributed by atoms with Gasteiger partial charge in [-0.3, -0.25) is 4.79 Å². The van der Waals surface area contributed by atoms with Crippen LogP contribution in [0, 0.1) is 5.92 Å². The van der Waals surface area contributed by atoms with Gasteiger partial charge in [-0.25, -0.2) is 0 Å². The second-order valence-electron chi connectivity index (χ2n) is 6.51. The van der Waals surface area contributed by atoms with Crippen molar-refractivity contribution in [3.8, 4) is 11.1 Å². The van der Waals surface area contributed by atoms with Crippen molar-refractivity contribution in [2.75, 3.05) is 13.1 Å². The molecule has 2 N–H and O–H groups in total. The number of piperidine rings is 1. The lowest BCUT2D eigenvalue weighted by Crippen LogP contribution is -2.40. The molecule has 24 heavy (non-hydrogen) atoms. The molecule has 1 saturated heterocycles. The number of carbonyl (C=O) groups is 1. The van der Waals surface area contributed by atoms with E-state index in [-0.39, 0.29) is 5.91 Å². The van der Waals surface area contributed by atoms with E-state index in [9.17, 15) is 4.79 Å². The normalized spacial score (nSPS) is 20.6. The molecule has 4 heteroatoms.